The maximum Gasteiger partial charge on any atom is 0.342 e. The van der Waals surface area contributed by atoms with Gasteiger partial charge in [-0.25, -0.2) is 4.79 Å². The van der Waals surface area contributed by atoms with Gasteiger partial charge in [0, 0.05) is 7.05 Å². The molecular formula is C22H26N4O5. The standard InChI is InChI=1S/C22H26N4O5/c1-12-18(15(4)31-25-12)11-29-19-10-8-7-9-17(19)22(28)30-16(5)21(27)23-20-13(2)24-26(6)14(20)3/h7-10,16H,11H2,1-6H3,(H,23,27). The molecule has 0 aliphatic heterocycles. The van der Waals surface area contributed by atoms with Crippen LogP contribution in [0.15, 0.2) is 28.8 Å². The van der Waals surface area contributed by atoms with Crippen molar-refractivity contribution < 1.29 is 23.6 Å². The van der Waals surface area contributed by atoms with Gasteiger partial charge in [-0.1, -0.05) is 17.3 Å². The molecule has 9 nitrogen and oxygen atoms in total. The number of hydrogen-bond donors (Lipinski definition) is 1. The van der Waals surface area contributed by atoms with E-state index in [2.05, 4.69) is 15.6 Å². The summed E-state index contributed by atoms with van der Waals surface area (Å²) >= 11 is 0. The van der Waals surface area contributed by atoms with Gasteiger partial charge in [-0.2, -0.15) is 5.10 Å². The SMILES string of the molecule is Cc1noc(C)c1COc1ccccc1C(=O)OC(C)C(=O)Nc1c(C)nn(C)c1C. The van der Waals surface area contributed by atoms with Gasteiger partial charge in [-0.15, -0.1) is 0 Å². The van der Waals surface area contributed by atoms with Crippen LogP contribution in [-0.4, -0.2) is 32.9 Å². The predicted molar refractivity (Wildman–Crippen MR) is 113 cm³/mol. The van der Waals surface area contributed by atoms with E-state index in [1.165, 1.54) is 6.92 Å². The van der Waals surface area contributed by atoms with Crippen molar-refractivity contribution in [1.29, 1.82) is 0 Å². The fraction of sp³-hybridized carbons (Fsp3) is 0.364. The van der Waals surface area contributed by atoms with Crippen LogP contribution in [0.3, 0.4) is 0 Å². The number of carbonyl (C=O) groups is 2. The number of nitrogens with one attached hydrogen (secondary N) is 1. The fourth-order valence-corrected chi connectivity index (χ4v) is 3.08. The number of anilines is 1. The van der Waals surface area contributed by atoms with E-state index < -0.39 is 18.0 Å². The molecule has 9 heteroatoms. The van der Waals surface area contributed by atoms with Crippen LogP contribution in [0.2, 0.25) is 0 Å². The molecule has 0 aliphatic rings. The number of carbonyl (C=O) groups excluding carboxylic acids is 2. The molecule has 3 rings (SSSR count). The number of aromatic nitrogens is 3. The second kappa shape index (κ2) is 9.03. The van der Waals surface area contributed by atoms with Crippen molar-refractivity contribution >= 4 is 17.6 Å². The summed E-state index contributed by atoms with van der Waals surface area (Å²) in [4.78, 5) is 25.3. The van der Waals surface area contributed by atoms with E-state index >= 15 is 0 Å². The normalized spacial score (nSPS) is 11.8. The van der Waals surface area contributed by atoms with Crippen LogP contribution in [0.25, 0.3) is 0 Å². The predicted octanol–water partition coefficient (Wildman–Crippen LogP) is 3.40. The molecule has 2 aromatic heterocycles. The highest BCUT2D eigenvalue weighted by molar-refractivity contribution is 5.98. The Morgan fingerprint density at radius 3 is 2.48 bits per heavy atom. The lowest BCUT2D eigenvalue weighted by Crippen LogP contribution is -2.30. The van der Waals surface area contributed by atoms with Gasteiger partial charge in [-0.05, 0) is 46.8 Å². The molecule has 164 valence electrons. The van der Waals surface area contributed by atoms with Crippen LogP contribution >= 0.6 is 0 Å². The van der Waals surface area contributed by atoms with Gasteiger partial charge in [0.05, 0.1) is 28.3 Å². The van der Waals surface area contributed by atoms with Crippen LogP contribution in [0.5, 0.6) is 5.75 Å². The highest BCUT2D eigenvalue weighted by Gasteiger charge is 2.23. The zero-order valence-electron chi connectivity index (χ0n) is 18.5. The minimum absolute atomic E-state index is 0.195. The van der Waals surface area contributed by atoms with Crippen molar-refractivity contribution in [2.45, 2.75) is 47.3 Å². The van der Waals surface area contributed by atoms with E-state index in [0.717, 1.165) is 17.0 Å². The molecule has 0 fully saturated rings. The molecule has 1 aromatic carbocycles. The average molecular weight is 426 g/mol. The molecule has 1 atom stereocenters. The Labute approximate surface area is 180 Å². The number of esters is 1. The number of amides is 1. The van der Waals surface area contributed by atoms with Crippen molar-refractivity contribution in [3.05, 3.63) is 58.2 Å². The molecule has 0 spiro atoms. The summed E-state index contributed by atoms with van der Waals surface area (Å²) in [5, 5.41) is 10.9. The van der Waals surface area contributed by atoms with Gasteiger partial charge < -0.3 is 19.3 Å². The number of ether oxygens (including phenoxy) is 2. The topological polar surface area (TPSA) is 108 Å². The lowest BCUT2D eigenvalue weighted by molar-refractivity contribution is -0.123. The average Bonchev–Trinajstić information content (AvgIpc) is 3.18. The van der Waals surface area contributed by atoms with Crippen molar-refractivity contribution in [2.75, 3.05) is 5.32 Å². The highest BCUT2D eigenvalue weighted by Crippen LogP contribution is 2.23. The van der Waals surface area contributed by atoms with Gasteiger partial charge in [0.1, 0.15) is 23.7 Å². The first-order valence-electron chi connectivity index (χ1n) is 9.84. The molecule has 0 saturated heterocycles. The van der Waals surface area contributed by atoms with Crippen LogP contribution < -0.4 is 10.1 Å². The lowest BCUT2D eigenvalue weighted by atomic mass is 10.2. The smallest absolute Gasteiger partial charge is 0.342 e. The third-order valence-corrected chi connectivity index (χ3v) is 5.07. The minimum Gasteiger partial charge on any atom is -0.488 e. The summed E-state index contributed by atoms with van der Waals surface area (Å²) in [6, 6.07) is 6.71. The molecule has 31 heavy (non-hydrogen) atoms. The van der Waals surface area contributed by atoms with Crippen molar-refractivity contribution in [1.82, 2.24) is 14.9 Å². The summed E-state index contributed by atoms with van der Waals surface area (Å²) in [5.74, 6) is -0.0961. The highest BCUT2D eigenvalue weighted by atomic mass is 16.5. The first-order chi connectivity index (χ1) is 14.7. The third kappa shape index (κ3) is 4.76. The Balaban J connectivity index is 1.68. The molecule has 0 bridgehead atoms. The molecule has 0 aliphatic carbocycles. The first kappa shape index (κ1) is 22.1. The molecule has 1 unspecified atom stereocenters. The van der Waals surface area contributed by atoms with Gasteiger partial charge in [0.15, 0.2) is 6.10 Å². The summed E-state index contributed by atoms with van der Waals surface area (Å²) < 4.78 is 18.0. The van der Waals surface area contributed by atoms with Crippen molar-refractivity contribution in [3.8, 4) is 5.75 Å². The number of nitrogens with zero attached hydrogens (tertiary/aromatic N) is 3. The molecule has 0 radical (unpaired) electrons. The maximum atomic E-state index is 12.7. The van der Waals surface area contributed by atoms with Crippen LogP contribution in [0.1, 0.15) is 45.7 Å². The second-order valence-electron chi connectivity index (χ2n) is 7.29. The number of para-hydroxylation sites is 1. The Morgan fingerprint density at radius 1 is 1.16 bits per heavy atom. The fourth-order valence-electron chi connectivity index (χ4n) is 3.08. The Kier molecular flexibility index (Phi) is 6.43. The Bertz CT molecular complexity index is 1100. The summed E-state index contributed by atoms with van der Waals surface area (Å²) in [7, 11) is 1.79. The molecule has 1 amide bonds. The molecule has 1 N–H and O–H groups in total. The molecular weight excluding hydrogens is 400 g/mol. The monoisotopic (exact) mass is 426 g/mol. The lowest BCUT2D eigenvalue weighted by Gasteiger charge is -2.15. The Hall–Kier alpha value is -3.62. The van der Waals surface area contributed by atoms with Gasteiger partial charge in [0.25, 0.3) is 5.91 Å². The van der Waals surface area contributed by atoms with Crippen molar-refractivity contribution in [3.63, 3.8) is 0 Å². The van der Waals surface area contributed by atoms with E-state index in [9.17, 15) is 9.59 Å². The summed E-state index contributed by atoms with van der Waals surface area (Å²) in [6.45, 7) is 8.97. The summed E-state index contributed by atoms with van der Waals surface area (Å²) in [5.41, 5.74) is 3.87. The quantitative estimate of drug-likeness (QED) is 0.577. The zero-order chi connectivity index (χ0) is 22.7. The van der Waals surface area contributed by atoms with Gasteiger partial charge >= 0.3 is 5.97 Å². The van der Waals surface area contributed by atoms with E-state index in [1.807, 2.05) is 13.8 Å². The molecule has 0 saturated carbocycles. The number of aryl methyl sites for hydroxylation is 4. The van der Waals surface area contributed by atoms with Crippen LogP contribution in [0, 0.1) is 27.7 Å². The number of hydrogen-bond acceptors (Lipinski definition) is 7. The van der Waals surface area contributed by atoms with E-state index in [0.29, 0.717) is 22.9 Å². The Morgan fingerprint density at radius 2 is 1.87 bits per heavy atom. The van der Waals surface area contributed by atoms with Crippen molar-refractivity contribution in [2.24, 2.45) is 7.05 Å². The van der Waals surface area contributed by atoms with Gasteiger partial charge in [0.2, 0.25) is 0 Å². The first-order valence-corrected chi connectivity index (χ1v) is 9.84. The van der Waals surface area contributed by atoms with Crippen LogP contribution in [0.4, 0.5) is 5.69 Å². The number of rotatable bonds is 7. The molecule has 2 heterocycles. The van der Waals surface area contributed by atoms with E-state index in [1.54, 1.807) is 49.8 Å². The van der Waals surface area contributed by atoms with E-state index in [4.69, 9.17) is 14.0 Å². The van der Waals surface area contributed by atoms with Crippen LogP contribution in [-0.2, 0) is 23.2 Å². The van der Waals surface area contributed by atoms with E-state index in [-0.39, 0.29) is 12.2 Å². The maximum absolute atomic E-state index is 12.7. The number of benzene rings is 1. The third-order valence-electron chi connectivity index (χ3n) is 5.07. The largest absolute Gasteiger partial charge is 0.488 e. The summed E-state index contributed by atoms with van der Waals surface area (Å²) in [6.07, 6.45) is -1.01. The molecule has 3 aromatic rings. The second-order valence-corrected chi connectivity index (χ2v) is 7.29. The zero-order valence-corrected chi connectivity index (χ0v) is 18.5. The van der Waals surface area contributed by atoms with Gasteiger partial charge in [-0.3, -0.25) is 9.48 Å². The minimum atomic E-state index is -1.01.